The molecule has 272 valence electrons. The first-order valence-corrected chi connectivity index (χ1v) is 19.6. The first-order chi connectivity index (χ1) is 28.2. The molecule has 3 aromatic heterocycles. The Bertz CT molecular complexity index is 2720. The van der Waals surface area contributed by atoms with Crippen LogP contribution in [0, 0.1) is 0 Å². The molecule has 4 heterocycles. The predicted octanol–water partition coefficient (Wildman–Crippen LogP) is 12.6. The van der Waals surface area contributed by atoms with E-state index in [4.69, 9.17) is 9.97 Å². The average molecular weight is 734 g/mol. The normalized spacial score (nSPS) is 15.4. The molecule has 57 heavy (non-hydrogen) atoms. The zero-order valence-corrected chi connectivity index (χ0v) is 31.6. The van der Waals surface area contributed by atoms with Crippen LogP contribution < -0.4 is 4.90 Å². The van der Waals surface area contributed by atoms with E-state index in [1.807, 2.05) is 30.3 Å². The summed E-state index contributed by atoms with van der Waals surface area (Å²) in [5.41, 5.74) is 16.8. The van der Waals surface area contributed by atoms with Crippen molar-refractivity contribution in [3.63, 3.8) is 0 Å². The van der Waals surface area contributed by atoms with Crippen molar-refractivity contribution in [3.05, 3.63) is 206 Å². The molecule has 2 atom stereocenters. The van der Waals surface area contributed by atoms with Gasteiger partial charge in [-0.3, -0.25) is 9.97 Å². The highest BCUT2D eigenvalue weighted by molar-refractivity contribution is 5.85. The van der Waals surface area contributed by atoms with E-state index in [0.29, 0.717) is 11.7 Å². The highest BCUT2D eigenvalue weighted by atomic mass is 15.2. The molecule has 1 aliphatic carbocycles. The summed E-state index contributed by atoms with van der Waals surface area (Å²) in [6, 6.07) is 52.4. The molecule has 0 saturated carbocycles. The highest BCUT2D eigenvalue weighted by Gasteiger charge is 2.37. The highest BCUT2D eigenvalue weighted by Crippen LogP contribution is 2.49. The molecule has 5 aromatic carbocycles. The van der Waals surface area contributed by atoms with Crippen molar-refractivity contribution in [2.24, 2.45) is 0 Å². The van der Waals surface area contributed by atoms with Gasteiger partial charge in [0.25, 0.3) is 0 Å². The van der Waals surface area contributed by atoms with Crippen LogP contribution in [-0.2, 0) is 6.42 Å². The lowest BCUT2D eigenvalue weighted by Crippen LogP contribution is -2.28. The van der Waals surface area contributed by atoms with Crippen molar-refractivity contribution in [1.29, 1.82) is 0 Å². The Labute approximate surface area is 333 Å². The van der Waals surface area contributed by atoms with Crippen LogP contribution in [0.2, 0.25) is 0 Å². The summed E-state index contributed by atoms with van der Waals surface area (Å²) in [5, 5.41) is 0. The summed E-state index contributed by atoms with van der Waals surface area (Å²) in [6.07, 6.45) is 17.3. The van der Waals surface area contributed by atoms with E-state index in [1.54, 1.807) is 24.8 Å². The van der Waals surface area contributed by atoms with Crippen molar-refractivity contribution >= 4 is 11.4 Å². The first kappa shape index (κ1) is 34.3. The largest absolute Gasteiger partial charge is 0.333 e. The number of pyridine rings is 2. The molecule has 0 amide bonds. The SMILES string of the molecule is CCc1ccc2c(c1)C1C=CC=CC1N2c1cc(-c2ccc(-c3nc(-c4ccncc4)cc(-c4ccncc4)n3)cc2)cc(-c2cccc(-c3ccccc3)c2)c1. The molecular formula is C52H39N5. The molecule has 0 bridgehead atoms. The summed E-state index contributed by atoms with van der Waals surface area (Å²) < 4.78 is 0. The molecule has 5 heteroatoms. The Kier molecular flexibility index (Phi) is 8.88. The van der Waals surface area contributed by atoms with Crippen LogP contribution in [-0.4, -0.2) is 26.0 Å². The fourth-order valence-electron chi connectivity index (χ4n) is 8.23. The molecule has 2 aliphatic rings. The number of hydrogen-bond acceptors (Lipinski definition) is 5. The zero-order valence-electron chi connectivity index (χ0n) is 31.6. The van der Waals surface area contributed by atoms with E-state index in [9.17, 15) is 0 Å². The van der Waals surface area contributed by atoms with E-state index < -0.39 is 0 Å². The number of aryl methyl sites for hydroxylation is 1. The Balaban J connectivity index is 1.09. The average Bonchev–Trinajstić information content (AvgIpc) is 3.63. The number of allylic oxidation sites excluding steroid dienone is 2. The van der Waals surface area contributed by atoms with Gasteiger partial charge in [0, 0.05) is 58.8 Å². The molecule has 10 rings (SSSR count). The van der Waals surface area contributed by atoms with Gasteiger partial charge in [0.05, 0.1) is 17.4 Å². The number of fused-ring (bicyclic) bond motifs is 3. The minimum Gasteiger partial charge on any atom is -0.333 e. The van der Waals surface area contributed by atoms with Crippen LogP contribution >= 0.6 is 0 Å². The van der Waals surface area contributed by atoms with E-state index in [1.165, 1.54) is 44.8 Å². The van der Waals surface area contributed by atoms with Gasteiger partial charge in [0.2, 0.25) is 0 Å². The van der Waals surface area contributed by atoms with Crippen LogP contribution in [0.4, 0.5) is 11.4 Å². The lowest BCUT2D eigenvalue weighted by atomic mass is 9.90. The number of anilines is 2. The number of hydrogen-bond donors (Lipinski definition) is 0. The second-order valence-electron chi connectivity index (χ2n) is 14.6. The van der Waals surface area contributed by atoms with Crippen LogP contribution in [0.3, 0.4) is 0 Å². The van der Waals surface area contributed by atoms with Gasteiger partial charge in [0.15, 0.2) is 5.82 Å². The van der Waals surface area contributed by atoms with Crippen molar-refractivity contribution in [3.8, 4) is 67.3 Å². The maximum absolute atomic E-state index is 5.05. The summed E-state index contributed by atoms with van der Waals surface area (Å²) >= 11 is 0. The summed E-state index contributed by atoms with van der Waals surface area (Å²) in [6.45, 7) is 2.23. The zero-order chi connectivity index (χ0) is 38.1. The smallest absolute Gasteiger partial charge is 0.160 e. The Hall–Kier alpha value is -7.24. The topological polar surface area (TPSA) is 54.8 Å². The van der Waals surface area contributed by atoms with Gasteiger partial charge in [-0.15, -0.1) is 0 Å². The molecule has 2 unspecified atom stereocenters. The first-order valence-electron chi connectivity index (χ1n) is 19.6. The lowest BCUT2D eigenvalue weighted by molar-refractivity contribution is 0.744. The van der Waals surface area contributed by atoms with Gasteiger partial charge in [-0.2, -0.15) is 0 Å². The van der Waals surface area contributed by atoms with Gasteiger partial charge in [0.1, 0.15) is 0 Å². The quantitative estimate of drug-likeness (QED) is 0.156. The van der Waals surface area contributed by atoms with Crippen LogP contribution in [0.1, 0.15) is 24.0 Å². The van der Waals surface area contributed by atoms with Crippen LogP contribution in [0.5, 0.6) is 0 Å². The van der Waals surface area contributed by atoms with Gasteiger partial charge >= 0.3 is 0 Å². The third-order valence-corrected chi connectivity index (χ3v) is 11.2. The molecule has 0 saturated heterocycles. The van der Waals surface area contributed by atoms with Crippen molar-refractivity contribution in [2.75, 3.05) is 4.90 Å². The Morgan fingerprint density at radius 2 is 1.05 bits per heavy atom. The number of nitrogens with zero attached hydrogens (tertiary/aromatic N) is 5. The minimum absolute atomic E-state index is 0.192. The van der Waals surface area contributed by atoms with E-state index >= 15 is 0 Å². The summed E-state index contributed by atoms with van der Waals surface area (Å²) in [5.74, 6) is 0.961. The molecular weight excluding hydrogens is 695 g/mol. The molecule has 5 nitrogen and oxygen atoms in total. The summed E-state index contributed by atoms with van der Waals surface area (Å²) in [4.78, 5) is 21.1. The molecule has 0 N–H and O–H groups in total. The second kappa shape index (κ2) is 14.8. The van der Waals surface area contributed by atoms with E-state index in [2.05, 4.69) is 161 Å². The van der Waals surface area contributed by atoms with Crippen molar-refractivity contribution in [1.82, 2.24) is 19.9 Å². The second-order valence-corrected chi connectivity index (χ2v) is 14.6. The summed E-state index contributed by atoms with van der Waals surface area (Å²) in [7, 11) is 0. The minimum atomic E-state index is 0.192. The number of aromatic nitrogens is 4. The fourth-order valence-corrected chi connectivity index (χ4v) is 8.23. The van der Waals surface area contributed by atoms with Crippen molar-refractivity contribution in [2.45, 2.75) is 25.3 Å². The van der Waals surface area contributed by atoms with E-state index in [0.717, 1.165) is 45.6 Å². The number of rotatable bonds is 8. The van der Waals surface area contributed by atoms with Crippen molar-refractivity contribution < 1.29 is 0 Å². The lowest BCUT2D eigenvalue weighted by Gasteiger charge is -2.29. The van der Waals surface area contributed by atoms with Gasteiger partial charge in [-0.05, 0) is 112 Å². The van der Waals surface area contributed by atoms with E-state index in [-0.39, 0.29) is 6.04 Å². The third kappa shape index (κ3) is 6.64. The molecule has 0 fully saturated rings. The molecule has 1 aliphatic heterocycles. The molecule has 0 spiro atoms. The van der Waals surface area contributed by atoms with Crippen LogP contribution in [0.25, 0.3) is 67.3 Å². The third-order valence-electron chi connectivity index (χ3n) is 11.2. The standard InChI is InChI=1S/C52H39N5/c1-2-35-15-20-51-47(29-35)46-13-6-7-14-50(46)57(51)45-32-43(31-44(33-45)42-12-8-11-41(30-42)36-9-4-3-5-10-36)37-16-18-40(19-17-37)52-55-48(38-21-25-53-26-22-38)34-49(56-52)39-23-27-54-28-24-39/h3-34,46,50H,2H2,1H3. The van der Waals surface area contributed by atoms with Crippen LogP contribution in [0.15, 0.2) is 195 Å². The monoisotopic (exact) mass is 733 g/mol. The maximum Gasteiger partial charge on any atom is 0.160 e. The fraction of sp³-hybridized carbons (Fsp3) is 0.0769. The van der Waals surface area contributed by atoms with Gasteiger partial charge in [-0.25, -0.2) is 9.97 Å². The molecule has 0 radical (unpaired) electrons. The molecule has 8 aromatic rings. The van der Waals surface area contributed by atoms with Gasteiger partial charge < -0.3 is 4.90 Å². The number of benzene rings is 5. The maximum atomic E-state index is 5.05. The van der Waals surface area contributed by atoms with Gasteiger partial charge in [-0.1, -0.05) is 116 Å². The predicted molar refractivity (Wildman–Crippen MR) is 233 cm³/mol. The Morgan fingerprint density at radius 3 is 1.74 bits per heavy atom. The Morgan fingerprint density at radius 1 is 0.474 bits per heavy atom.